The van der Waals surface area contributed by atoms with Crippen LogP contribution in [0.4, 0.5) is 4.79 Å². The summed E-state index contributed by atoms with van der Waals surface area (Å²) >= 11 is 0. The molecule has 116 valence electrons. The molecular weight excluding hydrogens is 264 g/mol. The molecule has 3 atom stereocenters. The third kappa shape index (κ3) is 4.64. The monoisotopic (exact) mass is 288 g/mol. The third-order valence-corrected chi connectivity index (χ3v) is 3.62. The van der Waals surface area contributed by atoms with Crippen molar-refractivity contribution in [1.29, 1.82) is 0 Å². The highest BCUT2D eigenvalue weighted by Gasteiger charge is 2.35. The Balaban J connectivity index is 2.68. The van der Waals surface area contributed by atoms with Crippen LogP contribution in [-0.4, -0.2) is 65.6 Å². The number of carboxylic acid groups (broad SMARTS) is 1. The maximum Gasteiger partial charge on any atom is 0.328 e. The quantitative estimate of drug-likeness (QED) is 0.595. The molecule has 0 aliphatic heterocycles. The van der Waals surface area contributed by atoms with Crippen LogP contribution in [0.3, 0.4) is 0 Å². The Morgan fingerprint density at radius 2 is 2.00 bits per heavy atom. The molecule has 0 aromatic rings. The number of carbonyl (C=O) groups is 2. The Labute approximate surface area is 118 Å². The number of amides is 2. The van der Waals surface area contributed by atoms with E-state index in [0.717, 1.165) is 12.8 Å². The first-order valence-corrected chi connectivity index (χ1v) is 6.85. The van der Waals surface area contributed by atoms with Crippen LogP contribution in [-0.2, 0) is 9.53 Å². The second-order valence-electron chi connectivity index (χ2n) is 5.27. The molecule has 2 amide bonds. The lowest BCUT2D eigenvalue weighted by Gasteiger charge is -2.31. The number of methoxy groups -OCH3 is 1. The van der Waals surface area contributed by atoms with Crippen LogP contribution in [0.15, 0.2) is 0 Å². The van der Waals surface area contributed by atoms with E-state index < -0.39 is 24.1 Å². The molecule has 1 aliphatic rings. The maximum atomic E-state index is 12.2. The molecule has 7 nitrogen and oxygen atoms in total. The summed E-state index contributed by atoms with van der Waals surface area (Å²) in [6, 6.07) is -1.75. The minimum Gasteiger partial charge on any atom is -0.480 e. The van der Waals surface area contributed by atoms with Crippen LogP contribution < -0.4 is 5.32 Å². The van der Waals surface area contributed by atoms with Crippen LogP contribution in [0.1, 0.15) is 26.7 Å². The maximum absolute atomic E-state index is 12.2. The normalized spacial score (nSPS) is 19.0. The summed E-state index contributed by atoms with van der Waals surface area (Å²) in [6.45, 7) is 4.07. The Bertz CT molecular complexity index is 344. The molecule has 0 heterocycles. The average Bonchev–Trinajstić information content (AvgIpc) is 3.19. The average molecular weight is 288 g/mol. The van der Waals surface area contributed by atoms with E-state index in [2.05, 4.69) is 5.32 Å². The Morgan fingerprint density at radius 1 is 1.40 bits per heavy atom. The van der Waals surface area contributed by atoms with Gasteiger partial charge in [0, 0.05) is 19.7 Å². The summed E-state index contributed by atoms with van der Waals surface area (Å²) < 4.78 is 4.99. The van der Waals surface area contributed by atoms with Crippen LogP contribution in [0.25, 0.3) is 0 Å². The van der Waals surface area contributed by atoms with Gasteiger partial charge in [-0.15, -0.1) is 0 Å². The minimum atomic E-state index is -1.31. The van der Waals surface area contributed by atoms with E-state index in [1.54, 1.807) is 12.0 Å². The van der Waals surface area contributed by atoms with E-state index >= 15 is 0 Å². The molecule has 20 heavy (non-hydrogen) atoms. The van der Waals surface area contributed by atoms with Gasteiger partial charge >= 0.3 is 12.0 Å². The van der Waals surface area contributed by atoms with Gasteiger partial charge in [-0.2, -0.15) is 0 Å². The van der Waals surface area contributed by atoms with Crippen molar-refractivity contribution < 1.29 is 24.5 Å². The molecule has 1 saturated carbocycles. The number of aliphatic hydroxyl groups is 1. The van der Waals surface area contributed by atoms with Crippen LogP contribution in [0, 0.1) is 5.92 Å². The summed E-state index contributed by atoms with van der Waals surface area (Å²) in [5.41, 5.74) is 0. The standard InChI is InChI=1S/C13H24N2O5/c1-8(10-4-5-10)15(6-7-20-3)13(19)14-11(9(2)16)12(17)18/h8-11,16H,4-7H2,1-3H3,(H,14,19)(H,17,18)/t8?,9-,11+/m1/s1. The van der Waals surface area contributed by atoms with Gasteiger partial charge in [-0.3, -0.25) is 0 Å². The van der Waals surface area contributed by atoms with Gasteiger partial charge in [0.1, 0.15) is 0 Å². The Hall–Kier alpha value is -1.34. The smallest absolute Gasteiger partial charge is 0.328 e. The highest BCUT2D eigenvalue weighted by molar-refractivity contribution is 5.83. The molecule has 1 unspecified atom stereocenters. The molecule has 1 fully saturated rings. The van der Waals surface area contributed by atoms with Gasteiger partial charge < -0.3 is 25.2 Å². The van der Waals surface area contributed by atoms with Crippen molar-refractivity contribution in [2.75, 3.05) is 20.3 Å². The first kappa shape index (κ1) is 16.7. The highest BCUT2D eigenvalue weighted by atomic mass is 16.5. The van der Waals surface area contributed by atoms with Crippen molar-refractivity contribution in [3.63, 3.8) is 0 Å². The molecule has 0 bridgehead atoms. The first-order chi connectivity index (χ1) is 9.38. The molecule has 0 spiro atoms. The minimum absolute atomic E-state index is 0.0357. The fourth-order valence-corrected chi connectivity index (χ4v) is 2.12. The second kappa shape index (κ2) is 7.44. The van der Waals surface area contributed by atoms with Gasteiger partial charge in [0.25, 0.3) is 0 Å². The van der Waals surface area contributed by atoms with Crippen LogP contribution in [0.5, 0.6) is 0 Å². The van der Waals surface area contributed by atoms with E-state index in [0.29, 0.717) is 19.1 Å². The molecule has 0 radical (unpaired) electrons. The first-order valence-electron chi connectivity index (χ1n) is 6.85. The van der Waals surface area contributed by atoms with Crippen molar-refractivity contribution in [2.45, 2.75) is 44.9 Å². The fraction of sp³-hybridized carbons (Fsp3) is 0.846. The summed E-state index contributed by atoms with van der Waals surface area (Å²) in [6.07, 6.45) is 1.00. The van der Waals surface area contributed by atoms with Gasteiger partial charge in [-0.1, -0.05) is 0 Å². The number of aliphatic carboxylic acids is 1. The summed E-state index contributed by atoms with van der Waals surface area (Å²) in [5, 5.41) is 20.8. The van der Waals surface area contributed by atoms with Crippen LogP contribution >= 0.6 is 0 Å². The van der Waals surface area contributed by atoms with Crippen molar-refractivity contribution in [3.05, 3.63) is 0 Å². The lowest BCUT2D eigenvalue weighted by molar-refractivity contribution is -0.141. The number of nitrogens with zero attached hydrogens (tertiary/aromatic N) is 1. The zero-order valence-electron chi connectivity index (χ0n) is 12.2. The second-order valence-corrected chi connectivity index (χ2v) is 5.27. The number of urea groups is 1. The van der Waals surface area contributed by atoms with E-state index in [4.69, 9.17) is 9.84 Å². The number of ether oxygens (including phenoxy) is 1. The van der Waals surface area contributed by atoms with Gasteiger partial charge in [0.2, 0.25) is 0 Å². The van der Waals surface area contributed by atoms with Crippen molar-refractivity contribution in [2.24, 2.45) is 5.92 Å². The molecule has 0 aromatic carbocycles. The van der Waals surface area contributed by atoms with E-state index in [1.165, 1.54) is 6.92 Å². The van der Waals surface area contributed by atoms with Gasteiger partial charge in [-0.25, -0.2) is 9.59 Å². The molecule has 3 N–H and O–H groups in total. The summed E-state index contributed by atoms with van der Waals surface area (Å²) in [7, 11) is 1.55. The van der Waals surface area contributed by atoms with E-state index in [-0.39, 0.29) is 6.04 Å². The predicted molar refractivity (Wildman–Crippen MR) is 72.4 cm³/mol. The van der Waals surface area contributed by atoms with Crippen molar-refractivity contribution in [1.82, 2.24) is 10.2 Å². The number of rotatable bonds is 8. The Morgan fingerprint density at radius 3 is 2.40 bits per heavy atom. The number of nitrogens with one attached hydrogen (secondary N) is 1. The van der Waals surface area contributed by atoms with E-state index in [1.807, 2.05) is 6.92 Å². The molecule has 0 saturated heterocycles. The number of carboxylic acids is 1. The van der Waals surface area contributed by atoms with Crippen molar-refractivity contribution in [3.8, 4) is 0 Å². The summed E-state index contributed by atoms with van der Waals surface area (Å²) in [4.78, 5) is 24.8. The van der Waals surface area contributed by atoms with Gasteiger partial charge in [-0.05, 0) is 32.6 Å². The SMILES string of the molecule is COCCN(C(=O)N[C@H](C(=O)O)[C@@H](C)O)C(C)C1CC1. The number of aliphatic hydroxyl groups excluding tert-OH is 1. The zero-order valence-corrected chi connectivity index (χ0v) is 12.2. The predicted octanol–water partition coefficient (Wildman–Crippen LogP) is 0.277. The Kier molecular flexibility index (Phi) is 6.22. The van der Waals surface area contributed by atoms with E-state index in [9.17, 15) is 14.7 Å². The van der Waals surface area contributed by atoms with Crippen molar-refractivity contribution >= 4 is 12.0 Å². The topological polar surface area (TPSA) is 99.1 Å². The number of hydrogen-bond acceptors (Lipinski definition) is 4. The third-order valence-electron chi connectivity index (χ3n) is 3.62. The number of carbonyl (C=O) groups excluding carboxylic acids is 1. The fourth-order valence-electron chi connectivity index (χ4n) is 2.12. The lowest BCUT2D eigenvalue weighted by Crippen LogP contribution is -2.55. The zero-order chi connectivity index (χ0) is 15.3. The highest BCUT2D eigenvalue weighted by Crippen LogP contribution is 2.35. The molecule has 7 heteroatoms. The lowest BCUT2D eigenvalue weighted by atomic mass is 10.1. The molecular formula is C13H24N2O5. The molecule has 1 aliphatic carbocycles. The van der Waals surface area contributed by atoms with Gasteiger partial charge in [0.05, 0.1) is 12.7 Å². The van der Waals surface area contributed by atoms with Gasteiger partial charge in [0.15, 0.2) is 6.04 Å². The largest absolute Gasteiger partial charge is 0.480 e. The van der Waals surface area contributed by atoms with Crippen LogP contribution in [0.2, 0.25) is 0 Å². The molecule has 0 aromatic heterocycles. The number of hydrogen-bond donors (Lipinski definition) is 3. The molecule has 1 rings (SSSR count). The summed E-state index contributed by atoms with van der Waals surface area (Å²) in [5.74, 6) is -0.786.